The SMILES string of the molecule is O=C(OCc1ccccc1)N1CCCC(=NN2CCCc3ccccc32)CC1. The average Bonchev–Trinajstić information content (AvgIpc) is 2.99. The quantitative estimate of drug-likeness (QED) is 0.784. The summed E-state index contributed by atoms with van der Waals surface area (Å²) in [5.41, 5.74) is 4.79. The second kappa shape index (κ2) is 8.91. The van der Waals surface area contributed by atoms with Gasteiger partial charge in [-0.2, -0.15) is 5.10 Å². The van der Waals surface area contributed by atoms with Gasteiger partial charge >= 0.3 is 6.09 Å². The topological polar surface area (TPSA) is 45.1 Å². The second-order valence-electron chi connectivity index (χ2n) is 7.40. The van der Waals surface area contributed by atoms with Crippen LogP contribution in [0.5, 0.6) is 0 Å². The lowest BCUT2D eigenvalue weighted by Crippen LogP contribution is -2.32. The van der Waals surface area contributed by atoms with E-state index in [9.17, 15) is 4.79 Å². The van der Waals surface area contributed by atoms with Crippen molar-refractivity contribution < 1.29 is 9.53 Å². The number of aryl methyl sites for hydroxylation is 1. The highest BCUT2D eigenvalue weighted by Gasteiger charge is 2.21. The highest BCUT2D eigenvalue weighted by Crippen LogP contribution is 2.27. The Morgan fingerprint density at radius 1 is 0.893 bits per heavy atom. The van der Waals surface area contributed by atoms with Gasteiger partial charge in [0.25, 0.3) is 0 Å². The summed E-state index contributed by atoms with van der Waals surface area (Å²) in [6, 6.07) is 18.3. The maximum absolute atomic E-state index is 12.4. The van der Waals surface area contributed by atoms with E-state index in [1.807, 2.05) is 35.2 Å². The molecule has 2 aromatic carbocycles. The molecule has 0 unspecified atom stereocenters. The number of anilines is 1. The summed E-state index contributed by atoms with van der Waals surface area (Å²) in [7, 11) is 0. The number of hydrogen-bond donors (Lipinski definition) is 0. The molecule has 0 aliphatic carbocycles. The van der Waals surface area contributed by atoms with Gasteiger partial charge in [0.1, 0.15) is 6.61 Å². The Hall–Kier alpha value is -2.82. The number of carbonyl (C=O) groups excluding carboxylic acids is 1. The molecule has 1 saturated heterocycles. The molecule has 1 amide bonds. The van der Waals surface area contributed by atoms with E-state index in [2.05, 4.69) is 29.3 Å². The summed E-state index contributed by atoms with van der Waals surface area (Å²) < 4.78 is 5.49. The van der Waals surface area contributed by atoms with E-state index < -0.39 is 0 Å². The van der Waals surface area contributed by atoms with Crippen LogP contribution in [0, 0.1) is 0 Å². The first-order valence-electron chi connectivity index (χ1n) is 10.2. The van der Waals surface area contributed by atoms with Gasteiger partial charge in [0.15, 0.2) is 0 Å². The van der Waals surface area contributed by atoms with Gasteiger partial charge in [-0.25, -0.2) is 4.79 Å². The molecule has 2 aliphatic heterocycles. The molecule has 0 bridgehead atoms. The van der Waals surface area contributed by atoms with Crippen molar-refractivity contribution in [2.75, 3.05) is 24.6 Å². The molecule has 2 heterocycles. The first kappa shape index (κ1) is 18.5. The van der Waals surface area contributed by atoms with Gasteiger partial charge in [-0.1, -0.05) is 48.5 Å². The molecular formula is C23H27N3O2. The van der Waals surface area contributed by atoms with Crippen molar-refractivity contribution in [2.24, 2.45) is 5.10 Å². The van der Waals surface area contributed by atoms with Crippen molar-refractivity contribution >= 4 is 17.5 Å². The van der Waals surface area contributed by atoms with E-state index in [1.165, 1.54) is 17.0 Å². The van der Waals surface area contributed by atoms with Crippen LogP contribution in [-0.4, -0.2) is 36.3 Å². The van der Waals surface area contributed by atoms with Crippen molar-refractivity contribution in [3.63, 3.8) is 0 Å². The van der Waals surface area contributed by atoms with Crippen molar-refractivity contribution in [3.8, 4) is 0 Å². The number of ether oxygens (including phenoxy) is 1. The molecule has 2 aromatic rings. The zero-order chi connectivity index (χ0) is 19.2. The number of benzene rings is 2. The fourth-order valence-corrected chi connectivity index (χ4v) is 3.86. The molecule has 146 valence electrons. The van der Waals surface area contributed by atoms with Crippen LogP contribution >= 0.6 is 0 Å². The number of carbonyl (C=O) groups is 1. The zero-order valence-corrected chi connectivity index (χ0v) is 16.2. The second-order valence-corrected chi connectivity index (χ2v) is 7.40. The first-order valence-corrected chi connectivity index (χ1v) is 10.2. The molecule has 0 atom stereocenters. The number of rotatable bonds is 3. The van der Waals surface area contributed by atoms with Crippen molar-refractivity contribution in [3.05, 3.63) is 65.7 Å². The Kier molecular flexibility index (Phi) is 5.90. The molecule has 0 radical (unpaired) electrons. The summed E-state index contributed by atoms with van der Waals surface area (Å²) in [6.45, 7) is 2.68. The van der Waals surface area contributed by atoms with Crippen molar-refractivity contribution in [2.45, 2.75) is 38.7 Å². The molecule has 0 spiro atoms. The van der Waals surface area contributed by atoms with Gasteiger partial charge in [-0.3, -0.25) is 5.01 Å². The van der Waals surface area contributed by atoms with Gasteiger partial charge in [0, 0.05) is 31.8 Å². The van der Waals surface area contributed by atoms with E-state index in [1.54, 1.807) is 0 Å². The lowest BCUT2D eigenvalue weighted by molar-refractivity contribution is 0.0978. The number of amides is 1. The maximum Gasteiger partial charge on any atom is 0.410 e. The summed E-state index contributed by atoms with van der Waals surface area (Å²) in [5.74, 6) is 0. The highest BCUT2D eigenvalue weighted by atomic mass is 16.6. The number of hydrazone groups is 1. The predicted molar refractivity (Wildman–Crippen MR) is 112 cm³/mol. The summed E-state index contributed by atoms with van der Waals surface area (Å²) in [4.78, 5) is 14.3. The van der Waals surface area contributed by atoms with Crippen LogP contribution in [0.15, 0.2) is 59.7 Å². The predicted octanol–water partition coefficient (Wildman–Crippen LogP) is 4.62. The largest absolute Gasteiger partial charge is 0.445 e. The van der Waals surface area contributed by atoms with Crippen LogP contribution in [0.25, 0.3) is 0 Å². The third kappa shape index (κ3) is 4.53. The third-order valence-electron chi connectivity index (χ3n) is 5.37. The van der Waals surface area contributed by atoms with E-state index in [0.717, 1.165) is 50.8 Å². The molecule has 4 rings (SSSR count). The monoisotopic (exact) mass is 377 g/mol. The molecule has 5 heteroatoms. The van der Waals surface area contributed by atoms with E-state index in [0.29, 0.717) is 13.2 Å². The number of likely N-dealkylation sites (tertiary alicyclic amines) is 1. The normalized spacial score (nSPS) is 18.5. The minimum Gasteiger partial charge on any atom is -0.445 e. The van der Waals surface area contributed by atoms with Crippen LogP contribution < -0.4 is 5.01 Å². The minimum atomic E-state index is -0.228. The Balaban J connectivity index is 1.35. The average molecular weight is 377 g/mol. The van der Waals surface area contributed by atoms with Gasteiger partial charge in [-0.05, 0) is 42.9 Å². The lowest BCUT2D eigenvalue weighted by atomic mass is 10.0. The molecule has 1 fully saturated rings. The lowest BCUT2D eigenvalue weighted by Gasteiger charge is -2.27. The standard InChI is InChI=1S/C23H27N3O2/c27-23(28-18-19-8-2-1-3-9-19)25-15-7-12-21(14-17-25)24-26-16-6-11-20-10-4-5-13-22(20)26/h1-5,8-10,13H,6-7,11-12,14-18H2. The summed E-state index contributed by atoms with van der Waals surface area (Å²) >= 11 is 0. The number of hydrogen-bond acceptors (Lipinski definition) is 4. The van der Waals surface area contributed by atoms with Gasteiger partial charge in [0.2, 0.25) is 0 Å². The molecule has 5 nitrogen and oxygen atoms in total. The summed E-state index contributed by atoms with van der Waals surface area (Å²) in [6.07, 6.45) is 4.69. The Morgan fingerprint density at radius 3 is 2.57 bits per heavy atom. The van der Waals surface area contributed by atoms with E-state index >= 15 is 0 Å². The van der Waals surface area contributed by atoms with Crippen LogP contribution in [-0.2, 0) is 17.8 Å². The van der Waals surface area contributed by atoms with Crippen LogP contribution in [0.3, 0.4) is 0 Å². The minimum absolute atomic E-state index is 0.228. The van der Waals surface area contributed by atoms with E-state index in [4.69, 9.17) is 9.84 Å². The Morgan fingerprint density at radius 2 is 1.68 bits per heavy atom. The van der Waals surface area contributed by atoms with Gasteiger partial charge < -0.3 is 9.64 Å². The molecule has 0 saturated carbocycles. The number of fused-ring (bicyclic) bond motifs is 1. The Bertz CT molecular complexity index is 835. The smallest absolute Gasteiger partial charge is 0.410 e. The molecule has 2 aliphatic rings. The summed E-state index contributed by atoms with van der Waals surface area (Å²) in [5, 5.41) is 7.11. The van der Waals surface area contributed by atoms with Crippen LogP contribution in [0.1, 0.15) is 36.8 Å². The van der Waals surface area contributed by atoms with Crippen molar-refractivity contribution in [1.82, 2.24) is 4.90 Å². The molecular weight excluding hydrogens is 350 g/mol. The molecule has 0 aromatic heterocycles. The molecule has 28 heavy (non-hydrogen) atoms. The van der Waals surface area contributed by atoms with Gasteiger partial charge in [0.05, 0.1) is 5.69 Å². The van der Waals surface area contributed by atoms with Crippen LogP contribution in [0.2, 0.25) is 0 Å². The fourth-order valence-electron chi connectivity index (χ4n) is 3.86. The third-order valence-corrected chi connectivity index (χ3v) is 5.37. The molecule has 0 N–H and O–H groups in total. The van der Waals surface area contributed by atoms with E-state index in [-0.39, 0.29) is 6.09 Å². The first-order chi connectivity index (χ1) is 13.8. The highest BCUT2D eigenvalue weighted by molar-refractivity contribution is 5.86. The zero-order valence-electron chi connectivity index (χ0n) is 16.2. The number of nitrogens with zero attached hydrogens (tertiary/aromatic N) is 3. The van der Waals surface area contributed by atoms with Gasteiger partial charge in [-0.15, -0.1) is 0 Å². The maximum atomic E-state index is 12.4. The van der Waals surface area contributed by atoms with Crippen LogP contribution in [0.4, 0.5) is 10.5 Å². The Labute approximate surface area is 166 Å². The fraction of sp³-hybridized carbons (Fsp3) is 0.391. The van der Waals surface area contributed by atoms with Crippen molar-refractivity contribution in [1.29, 1.82) is 0 Å². The number of para-hydroxylation sites is 1.